The molecule has 2 unspecified atom stereocenters. The molecular weight excluding hydrogens is 440 g/mol. The summed E-state index contributed by atoms with van der Waals surface area (Å²) in [6, 6.07) is 14.3. The number of alkyl carbamates (subject to hydrolysis) is 1. The summed E-state index contributed by atoms with van der Waals surface area (Å²) in [7, 11) is 0. The molecule has 7 nitrogen and oxygen atoms in total. The Kier molecular flexibility index (Phi) is 6.65. The molecule has 0 radical (unpaired) electrons. The van der Waals surface area contributed by atoms with Crippen molar-refractivity contribution >= 4 is 29.7 Å². The highest BCUT2D eigenvalue weighted by Crippen LogP contribution is 2.44. The topological polar surface area (TPSA) is 95.9 Å². The van der Waals surface area contributed by atoms with Crippen LogP contribution in [0.1, 0.15) is 37.8 Å². The number of thioether (sulfide) groups is 1. The zero-order valence-electron chi connectivity index (χ0n) is 18.9. The van der Waals surface area contributed by atoms with Crippen LogP contribution in [0.25, 0.3) is 11.1 Å². The van der Waals surface area contributed by atoms with E-state index in [0.717, 1.165) is 22.3 Å². The van der Waals surface area contributed by atoms with Crippen molar-refractivity contribution in [2.75, 3.05) is 12.4 Å². The summed E-state index contributed by atoms with van der Waals surface area (Å²) in [6.07, 6.45) is -0.697. The van der Waals surface area contributed by atoms with Gasteiger partial charge in [0, 0.05) is 11.7 Å². The van der Waals surface area contributed by atoms with Crippen LogP contribution in [0.3, 0.4) is 0 Å². The lowest BCUT2D eigenvalue weighted by Gasteiger charge is -2.32. The molecule has 8 heteroatoms. The minimum Gasteiger partial charge on any atom is -0.480 e. The fraction of sp³-hybridized carbons (Fsp3) is 0.400. The van der Waals surface area contributed by atoms with Crippen molar-refractivity contribution in [3.05, 3.63) is 59.7 Å². The van der Waals surface area contributed by atoms with Crippen LogP contribution >= 0.6 is 11.8 Å². The molecule has 2 aromatic carbocycles. The molecule has 0 saturated carbocycles. The second-order valence-electron chi connectivity index (χ2n) is 8.76. The smallest absolute Gasteiger partial charge is 0.407 e. The highest BCUT2D eigenvalue weighted by atomic mass is 32.2. The van der Waals surface area contributed by atoms with Gasteiger partial charge in [-0.3, -0.25) is 4.79 Å². The van der Waals surface area contributed by atoms with Gasteiger partial charge in [0.2, 0.25) is 5.91 Å². The summed E-state index contributed by atoms with van der Waals surface area (Å²) >= 11 is 1.45. The molecule has 2 aromatic rings. The number of amides is 2. The summed E-state index contributed by atoms with van der Waals surface area (Å²) < 4.78 is 5.53. The molecule has 0 spiro atoms. The van der Waals surface area contributed by atoms with Gasteiger partial charge < -0.3 is 20.1 Å². The summed E-state index contributed by atoms with van der Waals surface area (Å²) in [5, 5.41) is 11.9. The quantitative estimate of drug-likeness (QED) is 0.667. The maximum atomic E-state index is 13.1. The van der Waals surface area contributed by atoms with Crippen molar-refractivity contribution in [1.82, 2.24) is 10.2 Å². The second-order valence-corrected chi connectivity index (χ2v) is 9.91. The number of rotatable bonds is 6. The van der Waals surface area contributed by atoms with Gasteiger partial charge in [0.05, 0.1) is 5.37 Å². The van der Waals surface area contributed by atoms with Gasteiger partial charge in [0.15, 0.2) is 0 Å². The van der Waals surface area contributed by atoms with Crippen molar-refractivity contribution in [2.24, 2.45) is 5.92 Å². The molecule has 2 N–H and O–H groups in total. The van der Waals surface area contributed by atoms with E-state index in [-0.39, 0.29) is 23.8 Å². The third-order valence-electron chi connectivity index (χ3n) is 6.19. The molecule has 2 amide bonds. The lowest BCUT2D eigenvalue weighted by molar-refractivity contribution is -0.150. The number of carbonyl (C=O) groups is 3. The van der Waals surface area contributed by atoms with Crippen LogP contribution in [0, 0.1) is 5.92 Å². The molecular formula is C25H28N2O5S. The number of carboxylic acids is 1. The maximum absolute atomic E-state index is 13.1. The number of fused-ring (bicyclic) bond motifs is 3. The van der Waals surface area contributed by atoms with Crippen molar-refractivity contribution in [2.45, 2.75) is 44.1 Å². The van der Waals surface area contributed by atoms with E-state index in [1.165, 1.54) is 16.7 Å². The number of aliphatic carboxylic acids is 1. The molecule has 1 aliphatic carbocycles. The Bertz CT molecular complexity index is 1030. The fourth-order valence-corrected chi connectivity index (χ4v) is 6.09. The average molecular weight is 469 g/mol. The molecule has 2 aliphatic rings. The van der Waals surface area contributed by atoms with Crippen LogP contribution in [0.2, 0.25) is 0 Å². The van der Waals surface area contributed by atoms with Crippen LogP contribution < -0.4 is 5.32 Å². The van der Waals surface area contributed by atoms with Crippen molar-refractivity contribution in [3.8, 4) is 11.1 Å². The van der Waals surface area contributed by atoms with Gasteiger partial charge in [0.1, 0.15) is 18.7 Å². The summed E-state index contributed by atoms with van der Waals surface area (Å²) in [5.74, 6) is -1.11. The van der Waals surface area contributed by atoms with Gasteiger partial charge in [-0.15, -0.1) is 11.8 Å². The number of ether oxygens (including phenoxy) is 1. The maximum Gasteiger partial charge on any atom is 0.407 e. The molecule has 33 heavy (non-hydrogen) atoms. The van der Waals surface area contributed by atoms with E-state index in [1.54, 1.807) is 6.92 Å². The molecule has 1 saturated heterocycles. The van der Waals surface area contributed by atoms with Gasteiger partial charge in [-0.2, -0.15) is 0 Å². The number of benzene rings is 2. The number of hydrogen-bond acceptors (Lipinski definition) is 5. The van der Waals surface area contributed by atoms with E-state index < -0.39 is 30.1 Å². The minimum atomic E-state index is -1.03. The van der Waals surface area contributed by atoms with Gasteiger partial charge in [-0.1, -0.05) is 62.4 Å². The van der Waals surface area contributed by atoms with Crippen molar-refractivity contribution in [1.29, 1.82) is 0 Å². The summed E-state index contributed by atoms with van der Waals surface area (Å²) in [4.78, 5) is 38.7. The molecule has 1 aliphatic heterocycles. The molecule has 3 atom stereocenters. The third-order valence-corrected chi connectivity index (χ3v) is 7.81. The Hall–Kier alpha value is -3.00. The van der Waals surface area contributed by atoms with Crippen LogP contribution in [0.15, 0.2) is 48.5 Å². The predicted molar refractivity (Wildman–Crippen MR) is 127 cm³/mol. The average Bonchev–Trinajstić information content (AvgIpc) is 3.37. The van der Waals surface area contributed by atoms with E-state index in [9.17, 15) is 19.5 Å². The first-order valence-corrected chi connectivity index (χ1v) is 12.1. The normalized spacial score (nSPS) is 20.3. The Morgan fingerprint density at radius 2 is 1.64 bits per heavy atom. The number of carboxylic acid groups (broad SMARTS) is 1. The highest BCUT2D eigenvalue weighted by molar-refractivity contribution is 8.00. The van der Waals surface area contributed by atoms with E-state index in [2.05, 4.69) is 17.4 Å². The SMILES string of the molecule is CC(C)C1SCC(C(=O)O)N1C(=O)[C@H](C)NC(=O)OCC1c2ccccc2-c2ccccc21. The lowest BCUT2D eigenvalue weighted by atomic mass is 9.98. The van der Waals surface area contributed by atoms with E-state index in [1.807, 2.05) is 50.2 Å². The Morgan fingerprint density at radius 1 is 1.06 bits per heavy atom. The zero-order chi connectivity index (χ0) is 23.7. The summed E-state index contributed by atoms with van der Waals surface area (Å²) in [6.45, 7) is 5.60. The molecule has 1 heterocycles. The summed E-state index contributed by atoms with van der Waals surface area (Å²) in [5.41, 5.74) is 4.48. The first kappa shape index (κ1) is 23.2. The second kappa shape index (κ2) is 9.47. The van der Waals surface area contributed by atoms with Crippen molar-refractivity contribution in [3.63, 3.8) is 0 Å². The first-order valence-electron chi connectivity index (χ1n) is 11.1. The van der Waals surface area contributed by atoms with Crippen LogP contribution in [-0.2, 0) is 14.3 Å². The van der Waals surface area contributed by atoms with Gasteiger partial charge in [-0.05, 0) is 35.1 Å². The van der Waals surface area contributed by atoms with Crippen molar-refractivity contribution < 1.29 is 24.2 Å². The largest absolute Gasteiger partial charge is 0.480 e. The first-order chi connectivity index (χ1) is 15.8. The van der Waals surface area contributed by atoms with Crippen LogP contribution in [-0.4, -0.2) is 57.8 Å². The van der Waals surface area contributed by atoms with Gasteiger partial charge in [0.25, 0.3) is 0 Å². The lowest BCUT2D eigenvalue weighted by Crippen LogP contribution is -2.54. The molecule has 174 valence electrons. The zero-order valence-corrected chi connectivity index (χ0v) is 19.7. The highest BCUT2D eigenvalue weighted by Gasteiger charge is 2.44. The number of hydrogen-bond donors (Lipinski definition) is 2. The molecule has 0 bridgehead atoms. The monoisotopic (exact) mass is 468 g/mol. The van der Waals surface area contributed by atoms with E-state index in [0.29, 0.717) is 5.75 Å². The van der Waals surface area contributed by atoms with Crippen LogP contribution in [0.4, 0.5) is 4.79 Å². The van der Waals surface area contributed by atoms with Gasteiger partial charge in [-0.25, -0.2) is 9.59 Å². The molecule has 4 rings (SSSR count). The Morgan fingerprint density at radius 3 is 2.18 bits per heavy atom. The number of carbonyl (C=O) groups excluding carboxylic acids is 2. The molecule has 1 fully saturated rings. The fourth-order valence-electron chi connectivity index (χ4n) is 4.61. The van der Waals surface area contributed by atoms with E-state index in [4.69, 9.17) is 4.74 Å². The number of nitrogens with zero attached hydrogens (tertiary/aromatic N) is 1. The van der Waals surface area contributed by atoms with Gasteiger partial charge >= 0.3 is 12.1 Å². The number of nitrogens with one attached hydrogen (secondary N) is 1. The minimum absolute atomic E-state index is 0.0779. The Labute approximate surface area is 197 Å². The third kappa shape index (κ3) is 4.44. The Balaban J connectivity index is 1.41. The predicted octanol–water partition coefficient (Wildman–Crippen LogP) is 3.92. The van der Waals surface area contributed by atoms with Crippen LogP contribution in [0.5, 0.6) is 0 Å². The standard InChI is InChI=1S/C25H28N2O5S/c1-14(2)23-27(21(13-33-23)24(29)30)22(28)15(3)26-25(31)32-12-20-18-10-6-4-8-16(18)17-9-5-7-11-19(17)20/h4-11,14-15,20-21,23H,12-13H2,1-3H3,(H,26,31)(H,29,30)/t15-,21?,23?/m0/s1. The van der Waals surface area contributed by atoms with E-state index >= 15 is 0 Å². The molecule has 0 aromatic heterocycles.